The van der Waals surface area contributed by atoms with Gasteiger partial charge in [0.2, 0.25) is 0 Å². The van der Waals surface area contributed by atoms with Crippen molar-refractivity contribution in [3.8, 4) is 0 Å². The third-order valence-electron chi connectivity index (χ3n) is 3.36. The van der Waals surface area contributed by atoms with Crippen molar-refractivity contribution in [3.63, 3.8) is 0 Å². The van der Waals surface area contributed by atoms with Gasteiger partial charge in [0.05, 0.1) is 0 Å². The van der Waals surface area contributed by atoms with Crippen LogP contribution in [0, 0.1) is 11.8 Å². The van der Waals surface area contributed by atoms with Crippen molar-refractivity contribution < 1.29 is 4.79 Å². The molecule has 0 bridgehead atoms. The van der Waals surface area contributed by atoms with Crippen LogP contribution in [-0.4, -0.2) is 11.2 Å². The molecular formula is C10H15ClO. The predicted molar refractivity (Wildman–Crippen MR) is 49.3 cm³/mol. The van der Waals surface area contributed by atoms with Crippen LogP contribution in [0.3, 0.4) is 0 Å². The molecule has 0 amide bonds. The molecular weight excluding hydrogens is 172 g/mol. The van der Waals surface area contributed by atoms with E-state index >= 15 is 0 Å². The highest BCUT2D eigenvalue weighted by molar-refractivity contribution is 6.20. The summed E-state index contributed by atoms with van der Waals surface area (Å²) in [5.41, 5.74) is 0. The summed E-state index contributed by atoms with van der Waals surface area (Å²) in [5.74, 6) is 1.92. The molecule has 3 atom stereocenters. The van der Waals surface area contributed by atoms with Crippen molar-refractivity contribution >= 4 is 17.4 Å². The SMILES string of the molecule is O=C1CC[C@@H]2C[C@H](Cl)CC[C@H]2C1. The quantitative estimate of drug-likeness (QED) is 0.532. The van der Waals surface area contributed by atoms with Gasteiger partial charge in [-0.05, 0) is 37.5 Å². The smallest absolute Gasteiger partial charge is 0.133 e. The van der Waals surface area contributed by atoms with Crippen molar-refractivity contribution in [1.82, 2.24) is 0 Å². The molecule has 0 saturated heterocycles. The molecule has 2 aliphatic carbocycles. The molecule has 0 unspecified atom stereocenters. The number of hydrogen-bond acceptors (Lipinski definition) is 1. The number of alkyl halides is 1. The van der Waals surface area contributed by atoms with Crippen LogP contribution in [0.4, 0.5) is 0 Å². The molecule has 0 heterocycles. The minimum atomic E-state index is 0.388. The van der Waals surface area contributed by atoms with E-state index in [0.29, 0.717) is 17.1 Å². The summed E-state index contributed by atoms with van der Waals surface area (Å²) in [5, 5.41) is 0.388. The maximum absolute atomic E-state index is 11.2. The van der Waals surface area contributed by atoms with Crippen LogP contribution in [-0.2, 0) is 4.79 Å². The van der Waals surface area contributed by atoms with E-state index in [-0.39, 0.29) is 0 Å². The summed E-state index contributed by atoms with van der Waals surface area (Å²) in [4.78, 5) is 11.2. The van der Waals surface area contributed by atoms with E-state index in [9.17, 15) is 4.79 Å². The predicted octanol–water partition coefficient (Wildman–Crippen LogP) is 2.76. The highest BCUT2D eigenvalue weighted by Crippen LogP contribution is 2.40. The van der Waals surface area contributed by atoms with Gasteiger partial charge in [-0.3, -0.25) is 4.79 Å². The molecule has 0 aromatic rings. The zero-order valence-electron chi connectivity index (χ0n) is 7.26. The Morgan fingerprint density at radius 2 is 2.00 bits per heavy atom. The van der Waals surface area contributed by atoms with Gasteiger partial charge >= 0.3 is 0 Å². The number of carbonyl (C=O) groups excluding carboxylic acids is 1. The van der Waals surface area contributed by atoms with Gasteiger partial charge in [0.1, 0.15) is 5.78 Å². The number of rotatable bonds is 0. The lowest BCUT2D eigenvalue weighted by Crippen LogP contribution is -2.31. The second-order valence-corrected chi connectivity index (χ2v) is 4.83. The number of halogens is 1. The van der Waals surface area contributed by atoms with E-state index in [1.54, 1.807) is 0 Å². The first-order valence-corrected chi connectivity index (χ1v) is 5.35. The second-order valence-electron chi connectivity index (χ2n) is 4.21. The van der Waals surface area contributed by atoms with Crippen LogP contribution in [0.1, 0.15) is 38.5 Å². The Morgan fingerprint density at radius 1 is 1.17 bits per heavy atom. The third-order valence-corrected chi connectivity index (χ3v) is 3.76. The van der Waals surface area contributed by atoms with Crippen LogP contribution in [0.25, 0.3) is 0 Å². The second kappa shape index (κ2) is 3.37. The maximum Gasteiger partial charge on any atom is 0.133 e. The Kier molecular flexibility index (Phi) is 2.40. The Balaban J connectivity index is 1.98. The fourth-order valence-electron chi connectivity index (χ4n) is 2.63. The number of hydrogen-bond donors (Lipinski definition) is 0. The van der Waals surface area contributed by atoms with Crippen molar-refractivity contribution in [2.24, 2.45) is 11.8 Å². The molecule has 0 aromatic carbocycles. The van der Waals surface area contributed by atoms with Gasteiger partial charge in [-0.15, -0.1) is 11.6 Å². The summed E-state index contributed by atoms with van der Waals surface area (Å²) in [6.45, 7) is 0. The molecule has 2 aliphatic rings. The average Bonchev–Trinajstić information content (AvgIpc) is 2.05. The molecule has 0 radical (unpaired) electrons. The molecule has 0 spiro atoms. The molecule has 1 nitrogen and oxygen atoms in total. The van der Waals surface area contributed by atoms with Crippen LogP contribution in [0.15, 0.2) is 0 Å². The van der Waals surface area contributed by atoms with Gasteiger partial charge in [0.25, 0.3) is 0 Å². The fraction of sp³-hybridized carbons (Fsp3) is 0.900. The molecule has 0 N–H and O–H groups in total. The van der Waals surface area contributed by atoms with Crippen LogP contribution >= 0.6 is 11.6 Å². The Bertz CT molecular complexity index is 190. The van der Waals surface area contributed by atoms with Crippen LogP contribution in [0.2, 0.25) is 0 Å². The van der Waals surface area contributed by atoms with Gasteiger partial charge in [-0.2, -0.15) is 0 Å². The lowest BCUT2D eigenvalue weighted by molar-refractivity contribution is -0.123. The largest absolute Gasteiger partial charge is 0.300 e. The normalized spacial score (nSPS) is 42.4. The Morgan fingerprint density at radius 3 is 2.83 bits per heavy atom. The summed E-state index contributed by atoms with van der Waals surface area (Å²) >= 11 is 6.09. The van der Waals surface area contributed by atoms with Crippen molar-refractivity contribution in [2.45, 2.75) is 43.9 Å². The first-order valence-electron chi connectivity index (χ1n) is 4.91. The van der Waals surface area contributed by atoms with Crippen molar-refractivity contribution in [3.05, 3.63) is 0 Å². The lowest BCUT2D eigenvalue weighted by atomic mass is 9.70. The third kappa shape index (κ3) is 1.66. The van der Waals surface area contributed by atoms with Gasteiger partial charge in [0, 0.05) is 18.2 Å². The molecule has 2 heteroatoms. The van der Waals surface area contributed by atoms with Crippen molar-refractivity contribution in [2.75, 3.05) is 0 Å². The molecule has 0 aromatic heterocycles. The summed E-state index contributed by atoms with van der Waals surface area (Å²) in [7, 11) is 0. The summed E-state index contributed by atoms with van der Waals surface area (Å²) in [6, 6.07) is 0. The first-order chi connectivity index (χ1) is 5.75. The summed E-state index contributed by atoms with van der Waals surface area (Å²) < 4.78 is 0. The maximum atomic E-state index is 11.2. The number of fused-ring (bicyclic) bond motifs is 1. The monoisotopic (exact) mass is 186 g/mol. The first kappa shape index (κ1) is 8.55. The average molecular weight is 187 g/mol. The minimum Gasteiger partial charge on any atom is -0.300 e. The standard InChI is InChI=1S/C10H15ClO/c11-9-3-1-8-6-10(12)4-2-7(8)5-9/h7-9H,1-6H2/t7-,8+,9-/m1/s1. The molecule has 0 aliphatic heterocycles. The molecule has 2 fully saturated rings. The molecule has 2 rings (SSSR count). The highest BCUT2D eigenvalue weighted by atomic mass is 35.5. The topological polar surface area (TPSA) is 17.1 Å². The fourth-order valence-corrected chi connectivity index (χ4v) is 2.99. The van der Waals surface area contributed by atoms with E-state index in [4.69, 9.17) is 11.6 Å². The molecule has 2 saturated carbocycles. The van der Waals surface area contributed by atoms with E-state index < -0.39 is 0 Å². The summed E-state index contributed by atoms with van der Waals surface area (Å²) in [6.07, 6.45) is 6.21. The number of ketones is 1. The number of Topliss-reactive ketones (excluding diaryl/α,β-unsaturated/α-hetero) is 1. The Labute approximate surface area is 78.5 Å². The zero-order valence-corrected chi connectivity index (χ0v) is 8.02. The van der Waals surface area contributed by atoms with Gasteiger partial charge in [0.15, 0.2) is 0 Å². The van der Waals surface area contributed by atoms with Gasteiger partial charge < -0.3 is 0 Å². The zero-order chi connectivity index (χ0) is 8.55. The van der Waals surface area contributed by atoms with Crippen LogP contribution in [0.5, 0.6) is 0 Å². The van der Waals surface area contributed by atoms with Gasteiger partial charge in [-0.25, -0.2) is 0 Å². The van der Waals surface area contributed by atoms with E-state index in [1.807, 2.05) is 0 Å². The molecule has 68 valence electrons. The van der Waals surface area contributed by atoms with Crippen molar-refractivity contribution in [1.29, 1.82) is 0 Å². The lowest BCUT2D eigenvalue weighted by Gasteiger charge is -2.36. The minimum absolute atomic E-state index is 0.388. The Hall–Kier alpha value is -0.0400. The van der Waals surface area contributed by atoms with Crippen LogP contribution < -0.4 is 0 Å². The number of carbonyl (C=O) groups is 1. The van der Waals surface area contributed by atoms with E-state index in [0.717, 1.165) is 38.0 Å². The van der Waals surface area contributed by atoms with E-state index in [2.05, 4.69) is 0 Å². The van der Waals surface area contributed by atoms with Gasteiger partial charge in [-0.1, -0.05) is 0 Å². The van der Waals surface area contributed by atoms with E-state index in [1.165, 1.54) is 6.42 Å². The highest BCUT2D eigenvalue weighted by Gasteiger charge is 2.33. The molecule has 12 heavy (non-hydrogen) atoms.